The number of hydrogen-bond acceptors (Lipinski definition) is 3. The molecule has 100 valence electrons. The fraction of sp³-hybridized carbons (Fsp3) is 0.0667. The molecule has 20 heavy (non-hydrogen) atoms. The summed E-state index contributed by atoms with van der Waals surface area (Å²) in [5.74, 6) is 0.777. The lowest BCUT2D eigenvalue weighted by molar-refractivity contribution is 0.687. The van der Waals surface area contributed by atoms with E-state index in [2.05, 4.69) is 15.0 Å². The van der Waals surface area contributed by atoms with Gasteiger partial charge >= 0.3 is 0 Å². The first kappa shape index (κ1) is 12.7. The van der Waals surface area contributed by atoms with Crippen LogP contribution in [0.3, 0.4) is 0 Å². The molecule has 2 aromatic heterocycles. The maximum atomic E-state index is 11.4. The van der Waals surface area contributed by atoms with Crippen LogP contribution >= 0.6 is 0 Å². The fourth-order valence-corrected chi connectivity index (χ4v) is 2.44. The van der Waals surface area contributed by atoms with Gasteiger partial charge in [-0.2, -0.15) is 0 Å². The predicted octanol–water partition coefficient (Wildman–Crippen LogP) is 2.88. The molecule has 0 aliphatic heterocycles. The number of benzene rings is 1. The third kappa shape index (κ3) is 2.53. The molecule has 0 amide bonds. The van der Waals surface area contributed by atoms with Crippen LogP contribution in [0.4, 0.5) is 0 Å². The molecular formula is C15H13N3OS. The van der Waals surface area contributed by atoms with Crippen molar-refractivity contribution in [2.45, 2.75) is 4.90 Å². The summed E-state index contributed by atoms with van der Waals surface area (Å²) in [5, 5.41) is 0. The molecule has 1 unspecified atom stereocenters. The van der Waals surface area contributed by atoms with E-state index in [0.717, 1.165) is 27.7 Å². The van der Waals surface area contributed by atoms with Gasteiger partial charge in [0.2, 0.25) is 0 Å². The van der Waals surface area contributed by atoms with Gasteiger partial charge in [0.25, 0.3) is 0 Å². The monoisotopic (exact) mass is 283 g/mol. The highest BCUT2D eigenvalue weighted by atomic mass is 32.2. The van der Waals surface area contributed by atoms with E-state index in [1.54, 1.807) is 18.6 Å². The van der Waals surface area contributed by atoms with Crippen LogP contribution in [0, 0.1) is 0 Å². The van der Waals surface area contributed by atoms with E-state index in [1.807, 2.05) is 42.5 Å². The molecule has 3 aromatic rings. The molecule has 0 bridgehead atoms. The standard InChI is InChI=1S/C15H13N3OS/c1-20(19)12-7-5-11(6-8-12)15-17-10-14(18-15)13-4-2-3-9-16-13/h2-10H,1H3,(H,17,18). The normalized spacial score (nSPS) is 12.2. The molecule has 4 nitrogen and oxygen atoms in total. The van der Waals surface area contributed by atoms with Crippen LogP contribution in [0.15, 0.2) is 59.8 Å². The first-order valence-electron chi connectivity index (χ1n) is 6.14. The Balaban J connectivity index is 1.92. The van der Waals surface area contributed by atoms with Gasteiger partial charge in [0.05, 0.1) is 17.6 Å². The molecule has 0 aliphatic rings. The Labute approximate surface area is 119 Å². The summed E-state index contributed by atoms with van der Waals surface area (Å²) in [7, 11) is -0.959. The summed E-state index contributed by atoms with van der Waals surface area (Å²) in [6.07, 6.45) is 5.19. The van der Waals surface area contributed by atoms with E-state index in [1.165, 1.54) is 0 Å². The van der Waals surface area contributed by atoms with Crippen LogP contribution in [0.1, 0.15) is 0 Å². The molecule has 1 N–H and O–H groups in total. The number of aromatic nitrogens is 3. The zero-order valence-electron chi connectivity index (χ0n) is 10.9. The van der Waals surface area contributed by atoms with Crippen molar-refractivity contribution in [3.05, 3.63) is 54.9 Å². The number of nitrogens with zero attached hydrogens (tertiary/aromatic N) is 2. The molecule has 0 aliphatic carbocycles. The van der Waals surface area contributed by atoms with Gasteiger partial charge < -0.3 is 4.98 Å². The van der Waals surface area contributed by atoms with Crippen molar-refractivity contribution in [3.8, 4) is 22.8 Å². The van der Waals surface area contributed by atoms with E-state index < -0.39 is 10.8 Å². The van der Waals surface area contributed by atoms with Gasteiger partial charge in [0.15, 0.2) is 0 Å². The minimum Gasteiger partial charge on any atom is -0.337 e. The summed E-state index contributed by atoms with van der Waals surface area (Å²) in [4.78, 5) is 12.7. The first-order valence-corrected chi connectivity index (χ1v) is 7.70. The molecular weight excluding hydrogens is 270 g/mol. The average molecular weight is 283 g/mol. The quantitative estimate of drug-likeness (QED) is 0.804. The summed E-state index contributed by atoms with van der Waals surface area (Å²) < 4.78 is 11.4. The van der Waals surface area contributed by atoms with Crippen LogP contribution < -0.4 is 0 Å². The fourth-order valence-electron chi connectivity index (χ4n) is 1.92. The van der Waals surface area contributed by atoms with Crippen molar-refractivity contribution in [3.63, 3.8) is 0 Å². The number of imidazole rings is 1. The van der Waals surface area contributed by atoms with Crippen LogP contribution in [-0.2, 0) is 10.8 Å². The Morgan fingerprint density at radius 3 is 2.50 bits per heavy atom. The van der Waals surface area contributed by atoms with Crippen molar-refractivity contribution < 1.29 is 4.21 Å². The Hall–Kier alpha value is -2.27. The SMILES string of the molecule is CS(=O)c1ccc(-c2ncc(-c3ccccn3)[nH]2)cc1. The van der Waals surface area contributed by atoms with Crippen molar-refractivity contribution in [2.24, 2.45) is 0 Å². The third-order valence-corrected chi connectivity index (χ3v) is 3.91. The van der Waals surface area contributed by atoms with E-state index in [-0.39, 0.29) is 0 Å². The number of H-pyrrole nitrogens is 1. The molecule has 3 rings (SSSR count). The van der Waals surface area contributed by atoms with Gasteiger partial charge in [-0.05, 0) is 24.3 Å². The van der Waals surface area contributed by atoms with E-state index in [0.29, 0.717) is 0 Å². The second-order valence-corrected chi connectivity index (χ2v) is 5.72. The predicted molar refractivity (Wildman–Crippen MR) is 79.6 cm³/mol. The number of aromatic amines is 1. The molecule has 0 radical (unpaired) electrons. The summed E-state index contributed by atoms with van der Waals surface area (Å²) in [5.41, 5.74) is 2.70. The number of pyridine rings is 1. The summed E-state index contributed by atoms with van der Waals surface area (Å²) >= 11 is 0. The van der Waals surface area contributed by atoms with Gasteiger partial charge in [-0.1, -0.05) is 18.2 Å². The molecule has 1 aromatic carbocycles. The van der Waals surface area contributed by atoms with E-state index >= 15 is 0 Å². The minimum atomic E-state index is -0.959. The Kier molecular flexibility index (Phi) is 3.43. The maximum absolute atomic E-state index is 11.4. The summed E-state index contributed by atoms with van der Waals surface area (Å²) in [6, 6.07) is 13.3. The highest BCUT2D eigenvalue weighted by Crippen LogP contribution is 2.21. The highest BCUT2D eigenvalue weighted by molar-refractivity contribution is 7.84. The molecule has 0 saturated heterocycles. The van der Waals surface area contributed by atoms with Crippen molar-refractivity contribution >= 4 is 10.8 Å². The molecule has 1 atom stereocenters. The topological polar surface area (TPSA) is 58.6 Å². The number of hydrogen-bond donors (Lipinski definition) is 1. The van der Waals surface area contributed by atoms with Crippen LogP contribution in [-0.4, -0.2) is 25.4 Å². The van der Waals surface area contributed by atoms with E-state index in [4.69, 9.17) is 0 Å². The van der Waals surface area contributed by atoms with Crippen molar-refractivity contribution in [1.29, 1.82) is 0 Å². The molecule has 0 saturated carbocycles. The first-order chi connectivity index (χ1) is 9.74. The van der Waals surface area contributed by atoms with Crippen molar-refractivity contribution in [1.82, 2.24) is 15.0 Å². The molecule has 5 heteroatoms. The van der Waals surface area contributed by atoms with Gasteiger partial charge in [-0.15, -0.1) is 0 Å². The molecule has 0 fully saturated rings. The van der Waals surface area contributed by atoms with Gasteiger partial charge in [0.1, 0.15) is 5.82 Å². The lowest BCUT2D eigenvalue weighted by atomic mass is 10.2. The summed E-state index contributed by atoms with van der Waals surface area (Å²) in [6.45, 7) is 0. The maximum Gasteiger partial charge on any atom is 0.137 e. The third-order valence-electron chi connectivity index (χ3n) is 2.98. The lowest BCUT2D eigenvalue weighted by Gasteiger charge is -1.99. The zero-order chi connectivity index (χ0) is 13.9. The van der Waals surface area contributed by atoms with Gasteiger partial charge in [0, 0.05) is 33.7 Å². The van der Waals surface area contributed by atoms with Crippen molar-refractivity contribution in [2.75, 3.05) is 6.26 Å². The lowest BCUT2D eigenvalue weighted by Crippen LogP contribution is -1.87. The zero-order valence-corrected chi connectivity index (χ0v) is 11.7. The van der Waals surface area contributed by atoms with Gasteiger partial charge in [-0.25, -0.2) is 4.98 Å². The second-order valence-electron chi connectivity index (χ2n) is 4.34. The second kappa shape index (κ2) is 5.38. The number of nitrogens with one attached hydrogen (secondary N) is 1. The largest absolute Gasteiger partial charge is 0.337 e. The Morgan fingerprint density at radius 1 is 1.05 bits per heavy atom. The Morgan fingerprint density at radius 2 is 1.85 bits per heavy atom. The van der Waals surface area contributed by atoms with E-state index in [9.17, 15) is 4.21 Å². The molecule has 2 heterocycles. The minimum absolute atomic E-state index is 0.777. The highest BCUT2D eigenvalue weighted by Gasteiger charge is 2.06. The average Bonchev–Trinajstić information content (AvgIpc) is 2.98. The van der Waals surface area contributed by atoms with Crippen LogP contribution in [0.2, 0.25) is 0 Å². The number of rotatable bonds is 3. The molecule has 0 spiro atoms. The smallest absolute Gasteiger partial charge is 0.137 e. The van der Waals surface area contributed by atoms with Gasteiger partial charge in [-0.3, -0.25) is 9.19 Å². The Bertz CT molecular complexity index is 735. The van der Waals surface area contributed by atoms with Crippen LogP contribution in [0.25, 0.3) is 22.8 Å². The van der Waals surface area contributed by atoms with Crippen LogP contribution in [0.5, 0.6) is 0 Å².